The first-order chi connectivity index (χ1) is 12.4. The Morgan fingerprint density at radius 1 is 1.19 bits per heavy atom. The van der Waals surface area contributed by atoms with E-state index in [0.717, 1.165) is 0 Å². The highest BCUT2D eigenvalue weighted by atomic mass is 16.2. The first kappa shape index (κ1) is 17.3. The Balaban J connectivity index is 1.65. The summed E-state index contributed by atoms with van der Waals surface area (Å²) in [5, 5.41) is 9.82. The predicted molar refractivity (Wildman–Crippen MR) is 96.8 cm³/mol. The average molecular weight is 354 g/mol. The van der Waals surface area contributed by atoms with Gasteiger partial charge >= 0.3 is 0 Å². The molecule has 0 atom stereocenters. The van der Waals surface area contributed by atoms with Crippen molar-refractivity contribution in [2.24, 2.45) is 7.05 Å². The Morgan fingerprint density at radius 3 is 2.65 bits per heavy atom. The molecule has 9 heteroatoms. The molecule has 9 nitrogen and oxygen atoms in total. The third-order valence-electron chi connectivity index (χ3n) is 3.76. The summed E-state index contributed by atoms with van der Waals surface area (Å²) in [7, 11) is 1.71. The number of hydrogen-bond donors (Lipinski definition) is 2. The van der Waals surface area contributed by atoms with Gasteiger partial charge in [-0.15, -0.1) is 0 Å². The zero-order valence-electron chi connectivity index (χ0n) is 14.4. The van der Waals surface area contributed by atoms with Crippen LogP contribution in [0.3, 0.4) is 0 Å². The van der Waals surface area contributed by atoms with Gasteiger partial charge in [-0.05, 0) is 18.2 Å². The lowest BCUT2D eigenvalue weighted by molar-refractivity contribution is -0.116. The molecule has 0 saturated carbocycles. The van der Waals surface area contributed by atoms with E-state index in [0.29, 0.717) is 22.4 Å². The van der Waals surface area contributed by atoms with E-state index >= 15 is 0 Å². The monoisotopic (exact) mass is 354 g/mol. The fourth-order valence-corrected chi connectivity index (χ4v) is 2.55. The molecule has 3 aromatic rings. The second-order valence-electron chi connectivity index (χ2n) is 5.81. The summed E-state index contributed by atoms with van der Waals surface area (Å²) in [4.78, 5) is 39.8. The van der Waals surface area contributed by atoms with Crippen molar-refractivity contribution in [3.05, 3.63) is 47.1 Å². The third-order valence-corrected chi connectivity index (χ3v) is 3.76. The van der Waals surface area contributed by atoms with Gasteiger partial charge in [0.1, 0.15) is 5.39 Å². The highest BCUT2D eigenvalue weighted by molar-refractivity contribution is 5.93. The summed E-state index contributed by atoms with van der Waals surface area (Å²) < 4.78 is 2.91. The van der Waals surface area contributed by atoms with Crippen molar-refractivity contribution >= 4 is 34.2 Å². The van der Waals surface area contributed by atoms with Crippen LogP contribution in [0.15, 0.2) is 41.6 Å². The first-order valence-corrected chi connectivity index (χ1v) is 7.98. The molecule has 3 rings (SSSR count). The summed E-state index contributed by atoms with van der Waals surface area (Å²) in [6, 6.07) is 6.84. The number of fused-ring (bicyclic) bond motifs is 1. The van der Waals surface area contributed by atoms with Gasteiger partial charge in [-0.25, -0.2) is 4.98 Å². The molecular weight excluding hydrogens is 336 g/mol. The molecule has 0 aliphatic heterocycles. The zero-order valence-corrected chi connectivity index (χ0v) is 14.4. The quantitative estimate of drug-likeness (QED) is 0.713. The van der Waals surface area contributed by atoms with Gasteiger partial charge in [0, 0.05) is 38.3 Å². The van der Waals surface area contributed by atoms with Gasteiger partial charge in [0.05, 0.1) is 12.5 Å². The summed E-state index contributed by atoms with van der Waals surface area (Å²) in [6.07, 6.45) is 2.99. The van der Waals surface area contributed by atoms with Crippen molar-refractivity contribution in [2.75, 3.05) is 10.6 Å². The highest BCUT2D eigenvalue weighted by Crippen LogP contribution is 2.15. The summed E-state index contributed by atoms with van der Waals surface area (Å²) in [6.45, 7) is 1.62. The van der Waals surface area contributed by atoms with E-state index in [-0.39, 0.29) is 30.3 Å². The van der Waals surface area contributed by atoms with Crippen LogP contribution in [-0.4, -0.2) is 31.1 Å². The molecule has 0 radical (unpaired) electrons. The maximum absolute atomic E-state index is 12.4. The molecule has 1 aromatic carbocycles. The van der Waals surface area contributed by atoms with Crippen LogP contribution in [0.1, 0.15) is 13.3 Å². The van der Waals surface area contributed by atoms with Crippen LogP contribution in [0.2, 0.25) is 0 Å². The van der Waals surface area contributed by atoms with E-state index in [9.17, 15) is 14.4 Å². The van der Waals surface area contributed by atoms with Gasteiger partial charge in [-0.3, -0.25) is 23.6 Å². The summed E-state index contributed by atoms with van der Waals surface area (Å²) in [5.74, 6) is -0.436. The summed E-state index contributed by atoms with van der Waals surface area (Å²) in [5.41, 5.74) is 1.43. The second kappa shape index (κ2) is 7.18. The molecule has 2 N–H and O–H groups in total. The Morgan fingerprint density at radius 2 is 1.92 bits per heavy atom. The Hall–Kier alpha value is -3.49. The fraction of sp³-hybridized carbons (Fsp3) is 0.235. The largest absolute Gasteiger partial charge is 0.326 e. The van der Waals surface area contributed by atoms with Crippen LogP contribution in [0.25, 0.3) is 11.0 Å². The maximum atomic E-state index is 12.4. The lowest BCUT2D eigenvalue weighted by Gasteiger charge is -2.09. The molecule has 2 amide bonds. The third kappa shape index (κ3) is 3.77. The number of nitrogens with one attached hydrogen (secondary N) is 2. The van der Waals surface area contributed by atoms with Gasteiger partial charge < -0.3 is 10.6 Å². The van der Waals surface area contributed by atoms with Gasteiger partial charge in [-0.2, -0.15) is 5.10 Å². The lowest BCUT2D eigenvalue weighted by atomic mass is 10.2. The number of benzene rings is 1. The van der Waals surface area contributed by atoms with E-state index in [2.05, 4.69) is 20.7 Å². The average Bonchev–Trinajstić information content (AvgIpc) is 2.96. The number of nitrogens with zero attached hydrogens (tertiary/aromatic N) is 4. The van der Waals surface area contributed by atoms with Crippen LogP contribution in [0.5, 0.6) is 0 Å². The Kier molecular flexibility index (Phi) is 4.78. The van der Waals surface area contributed by atoms with Crippen LogP contribution >= 0.6 is 0 Å². The van der Waals surface area contributed by atoms with Crippen molar-refractivity contribution in [1.82, 2.24) is 19.3 Å². The van der Waals surface area contributed by atoms with Crippen molar-refractivity contribution in [2.45, 2.75) is 19.9 Å². The number of carbonyl (C=O) groups excluding carboxylic acids is 2. The number of amides is 2. The second-order valence-corrected chi connectivity index (χ2v) is 5.81. The SMILES string of the molecule is CC(=O)Nc1cccc(NC(=O)CCn2cnc3c(cnn3C)c2=O)c1. The molecule has 0 spiro atoms. The van der Waals surface area contributed by atoms with Crippen molar-refractivity contribution in [1.29, 1.82) is 0 Å². The Bertz CT molecular complexity index is 1040. The minimum absolute atomic E-state index is 0.109. The lowest BCUT2D eigenvalue weighted by Crippen LogP contribution is -2.23. The molecule has 2 aromatic heterocycles. The molecule has 0 aliphatic rings. The van der Waals surface area contributed by atoms with Gasteiger partial charge in [-0.1, -0.05) is 6.07 Å². The fourth-order valence-electron chi connectivity index (χ4n) is 2.55. The van der Waals surface area contributed by atoms with Crippen molar-refractivity contribution < 1.29 is 9.59 Å². The van der Waals surface area contributed by atoms with E-state index in [1.54, 1.807) is 31.3 Å². The molecule has 2 heterocycles. The molecule has 0 bridgehead atoms. The van der Waals surface area contributed by atoms with Crippen LogP contribution in [0, 0.1) is 0 Å². The number of rotatable bonds is 5. The van der Waals surface area contributed by atoms with E-state index in [1.807, 2.05) is 0 Å². The minimum atomic E-state index is -0.247. The molecular formula is C17H18N6O3. The highest BCUT2D eigenvalue weighted by Gasteiger charge is 2.10. The van der Waals surface area contributed by atoms with Crippen LogP contribution < -0.4 is 16.2 Å². The van der Waals surface area contributed by atoms with E-state index < -0.39 is 0 Å². The predicted octanol–water partition coefficient (Wildman–Crippen LogP) is 1.12. The molecule has 26 heavy (non-hydrogen) atoms. The number of aromatic nitrogens is 4. The smallest absolute Gasteiger partial charge is 0.264 e. The normalized spacial score (nSPS) is 10.7. The first-order valence-electron chi connectivity index (χ1n) is 7.98. The van der Waals surface area contributed by atoms with Crippen LogP contribution in [-0.2, 0) is 23.2 Å². The van der Waals surface area contributed by atoms with Crippen molar-refractivity contribution in [3.63, 3.8) is 0 Å². The molecule has 0 fully saturated rings. The summed E-state index contributed by atoms with van der Waals surface area (Å²) >= 11 is 0. The standard InChI is InChI=1S/C17H18N6O3/c1-11(24)20-12-4-3-5-13(8-12)21-15(25)6-7-23-10-18-16-14(17(23)26)9-19-22(16)2/h3-5,8-10H,6-7H2,1-2H3,(H,20,24)(H,21,25). The molecule has 0 aliphatic carbocycles. The van der Waals surface area contributed by atoms with E-state index in [1.165, 1.54) is 28.7 Å². The Labute approximate surface area is 148 Å². The topological polar surface area (TPSA) is 111 Å². The number of hydrogen-bond acceptors (Lipinski definition) is 5. The number of aryl methyl sites for hydroxylation is 2. The number of anilines is 2. The van der Waals surface area contributed by atoms with Gasteiger partial charge in [0.15, 0.2) is 5.65 Å². The molecule has 134 valence electrons. The van der Waals surface area contributed by atoms with Gasteiger partial charge in [0.25, 0.3) is 5.56 Å². The van der Waals surface area contributed by atoms with Gasteiger partial charge in [0.2, 0.25) is 11.8 Å². The molecule has 0 unspecified atom stereocenters. The maximum Gasteiger partial charge on any atom is 0.264 e. The zero-order chi connectivity index (χ0) is 18.7. The minimum Gasteiger partial charge on any atom is -0.326 e. The van der Waals surface area contributed by atoms with Crippen LogP contribution in [0.4, 0.5) is 11.4 Å². The van der Waals surface area contributed by atoms with Crippen molar-refractivity contribution in [3.8, 4) is 0 Å². The number of carbonyl (C=O) groups is 2. The molecule has 0 saturated heterocycles. The van der Waals surface area contributed by atoms with E-state index in [4.69, 9.17) is 0 Å².